The first-order valence-corrected chi connectivity index (χ1v) is 4.42. The Labute approximate surface area is 73.8 Å². The van der Waals surface area contributed by atoms with Crippen molar-refractivity contribution in [3.63, 3.8) is 0 Å². The zero-order valence-electron chi connectivity index (χ0n) is 7.72. The number of hydrogen-bond donors (Lipinski definition) is 0. The van der Waals surface area contributed by atoms with Crippen molar-refractivity contribution in [2.75, 3.05) is 0 Å². The van der Waals surface area contributed by atoms with Crippen LogP contribution < -0.4 is 0 Å². The van der Waals surface area contributed by atoms with Crippen LogP contribution in [0.25, 0.3) is 0 Å². The lowest BCUT2D eigenvalue weighted by atomic mass is 9.71. The second-order valence-corrected chi connectivity index (χ2v) is 3.94. The molecule has 0 spiro atoms. The van der Waals surface area contributed by atoms with Crippen LogP contribution in [0.1, 0.15) is 39.5 Å². The zero-order chi connectivity index (χ0) is 9.24. The van der Waals surface area contributed by atoms with Crippen LogP contribution in [0.4, 0.5) is 0 Å². The number of nitriles is 2. The SMILES string of the molecule is CCC(C)(CC#N)C1(C#N)CC1. The first-order valence-electron chi connectivity index (χ1n) is 4.42. The predicted octanol–water partition coefficient (Wildman–Crippen LogP) is 2.62. The third kappa shape index (κ3) is 1.08. The van der Waals surface area contributed by atoms with Gasteiger partial charge in [-0.05, 0) is 24.7 Å². The molecule has 12 heavy (non-hydrogen) atoms. The Kier molecular flexibility index (Phi) is 2.11. The van der Waals surface area contributed by atoms with E-state index in [0.717, 1.165) is 19.3 Å². The van der Waals surface area contributed by atoms with Crippen molar-refractivity contribution in [2.24, 2.45) is 10.8 Å². The highest BCUT2D eigenvalue weighted by Crippen LogP contribution is 2.60. The predicted molar refractivity (Wildman–Crippen MR) is 45.9 cm³/mol. The minimum absolute atomic E-state index is 0.0729. The Hall–Kier alpha value is -1.02. The van der Waals surface area contributed by atoms with Crippen molar-refractivity contribution in [2.45, 2.75) is 39.5 Å². The molecule has 0 bridgehead atoms. The molecule has 1 fully saturated rings. The highest BCUT2D eigenvalue weighted by Gasteiger charge is 2.56. The van der Waals surface area contributed by atoms with Gasteiger partial charge in [0.1, 0.15) is 0 Å². The van der Waals surface area contributed by atoms with Gasteiger partial charge in [-0.25, -0.2) is 0 Å². The van der Waals surface area contributed by atoms with Gasteiger partial charge in [-0.2, -0.15) is 10.5 Å². The van der Waals surface area contributed by atoms with Crippen LogP contribution >= 0.6 is 0 Å². The molecular formula is C10H14N2. The maximum atomic E-state index is 8.99. The van der Waals surface area contributed by atoms with E-state index >= 15 is 0 Å². The van der Waals surface area contributed by atoms with Crippen molar-refractivity contribution in [1.82, 2.24) is 0 Å². The molecule has 0 aromatic heterocycles. The van der Waals surface area contributed by atoms with Gasteiger partial charge in [0.15, 0.2) is 0 Å². The minimum Gasteiger partial charge on any atom is -0.198 e. The second-order valence-electron chi connectivity index (χ2n) is 3.94. The maximum Gasteiger partial charge on any atom is 0.0695 e. The van der Waals surface area contributed by atoms with Crippen LogP contribution in [0.3, 0.4) is 0 Å². The Balaban J connectivity index is 2.82. The molecule has 0 aromatic carbocycles. The Bertz CT molecular complexity index is 252. The van der Waals surface area contributed by atoms with E-state index in [1.807, 2.05) is 0 Å². The molecule has 1 aliphatic carbocycles. The number of rotatable bonds is 3. The van der Waals surface area contributed by atoms with Crippen molar-refractivity contribution >= 4 is 0 Å². The highest BCUT2D eigenvalue weighted by molar-refractivity contribution is 5.18. The quantitative estimate of drug-likeness (QED) is 0.640. The normalized spacial score (nSPS) is 23.3. The minimum atomic E-state index is -0.169. The lowest BCUT2D eigenvalue weighted by Crippen LogP contribution is -2.26. The third-order valence-corrected chi connectivity index (χ3v) is 3.37. The van der Waals surface area contributed by atoms with Crippen molar-refractivity contribution in [3.8, 4) is 12.1 Å². The molecule has 1 unspecified atom stereocenters. The van der Waals surface area contributed by atoms with Crippen LogP contribution in [0.2, 0.25) is 0 Å². The fourth-order valence-electron chi connectivity index (χ4n) is 1.78. The summed E-state index contributed by atoms with van der Waals surface area (Å²) >= 11 is 0. The fraction of sp³-hybridized carbons (Fsp3) is 0.800. The van der Waals surface area contributed by atoms with Gasteiger partial charge in [-0.15, -0.1) is 0 Å². The van der Waals surface area contributed by atoms with Crippen LogP contribution in [0, 0.1) is 33.5 Å². The number of hydrogen-bond acceptors (Lipinski definition) is 2. The summed E-state index contributed by atoms with van der Waals surface area (Å²) < 4.78 is 0. The van der Waals surface area contributed by atoms with Gasteiger partial charge in [-0.1, -0.05) is 13.8 Å². The lowest BCUT2D eigenvalue weighted by Gasteiger charge is -2.30. The molecule has 2 heteroatoms. The smallest absolute Gasteiger partial charge is 0.0695 e. The summed E-state index contributed by atoms with van der Waals surface area (Å²) in [4.78, 5) is 0. The van der Waals surface area contributed by atoms with Gasteiger partial charge in [0.05, 0.1) is 17.6 Å². The van der Waals surface area contributed by atoms with Crippen LogP contribution in [-0.4, -0.2) is 0 Å². The summed E-state index contributed by atoms with van der Waals surface area (Å²) in [6, 6.07) is 4.57. The zero-order valence-corrected chi connectivity index (χ0v) is 7.72. The van der Waals surface area contributed by atoms with Crippen LogP contribution in [0.5, 0.6) is 0 Å². The summed E-state index contributed by atoms with van der Waals surface area (Å²) in [7, 11) is 0. The van der Waals surface area contributed by atoms with Gasteiger partial charge in [-0.3, -0.25) is 0 Å². The highest BCUT2D eigenvalue weighted by atomic mass is 14.6. The molecule has 0 amide bonds. The Morgan fingerprint density at radius 2 is 2.00 bits per heavy atom. The monoisotopic (exact) mass is 162 g/mol. The van der Waals surface area contributed by atoms with Gasteiger partial charge in [0, 0.05) is 6.42 Å². The van der Waals surface area contributed by atoms with Crippen molar-refractivity contribution in [1.29, 1.82) is 10.5 Å². The Morgan fingerprint density at radius 1 is 1.42 bits per heavy atom. The van der Waals surface area contributed by atoms with Crippen molar-refractivity contribution < 1.29 is 0 Å². The van der Waals surface area contributed by atoms with E-state index in [0.29, 0.717) is 6.42 Å². The summed E-state index contributed by atoms with van der Waals surface area (Å²) in [5, 5.41) is 17.7. The molecule has 2 nitrogen and oxygen atoms in total. The first-order chi connectivity index (χ1) is 5.64. The fourth-order valence-corrected chi connectivity index (χ4v) is 1.78. The van der Waals surface area contributed by atoms with Gasteiger partial charge < -0.3 is 0 Å². The molecule has 1 aliphatic rings. The first kappa shape index (κ1) is 9.07. The molecule has 0 saturated heterocycles. The molecule has 0 aromatic rings. The number of nitrogens with zero attached hydrogens (tertiary/aromatic N) is 2. The van der Waals surface area contributed by atoms with Crippen LogP contribution in [-0.2, 0) is 0 Å². The summed E-state index contributed by atoms with van der Waals surface area (Å²) in [5.74, 6) is 0. The van der Waals surface area contributed by atoms with E-state index in [9.17, 15) is 0 Å². The molecule has 0 N–H and O–H groups in total. The maximum absolute atomic E-state index is 8.99. The van der Waals surface area contributed by atoms with E-state index in [1.54, 1.807) is 0 Å². The molecule has 64 valence electrons. The van der Waals surface area contributed by atoms with E-state index in [2.05, 4.69) is 26.0 Å². The summed E-state index contributed by atoms with van der Waals surface area (Å²) in [6.07, 6.45) is 3.40. The molecule has 0 heterocycles. The molecule has 1 saturated carbocycles. The lowest BCUT2D eigenvalue weighted by molar-refractivity contribution is 0.210. The standard InChI is InChI=1S/C10H14N2/c1-3-9(2,6-7-11)10(8-12)4-5-10/h3-6H2,1-2H3. The Morgan fingerprint density at radius 3 is 2.25 bits per heavy atom. The van der Waals surface area contributed by atoms with E-state index in [4.69, 9.17) is 10.5 Å². The largest absolute Gasteiger partial charge is 0.198 e. The molecular weight excluding hydrogens is 148 g/mol. The third-order valence-electron chi connectivity index (χ3n) is 3.37. The van der Waals surface area contributed by atoms with Crippen molar-refractivity contribution in [3.05, 3.63) is 0 Å². The summed E-state index contributed by atoms with van der Waals surface area (Å²) in [6.45, 7) is 4.13. The van der Waals surface area contributed by atoms with Gasteiger partial charge in [0.25, 0.3) is 0 Å². The van der Waals surface area contributed by atoms with Gasteiger partial charge >= 0.3 is 0 Å². The average Bonchev–Trinajstić information content (AvgIpc) is 2.85. The van der Waals surface area contributed by atoms with E-state index < -0.39 is 0 Å². The summed E-state index contributed by atoms with van der Waals surface area (Å²) in [5.41, 5.74) is -0.242. The molecule has 0 aliphatic heterocycles. The molecule has 1 atom stereocenters. The average molecular weight is 162 g/mol. The van der Waals surface area contributed by atoms with E-state index in [-0.39, 0.29) is 10.8 Å². The molecule has 1 rings (SSSR count). The molecule has 0 radical (unpaired) electrons. The van der Waals surface area contributed by atoms with Crippen LogP contribution in [0.15, 0.2) is 0 Å². The van der Waals surface area contributed by atoms with Gasteiger partial charge in [0.2, 0.25) is 0 Å². The van der Waals surface area contributed by atoms with E-state index in [1.165, 1.54) is 0 Å². The second kappa shape index (κ2) is 2.79. The topological polar surface area (TPSA) is 47.6 Å².